The van der Waals surface area contributed by atoms with E-state index in [2.05, 4.69) is 11.8 Å². The maximum Gasteiger partial charge on any atom is 0.123 e. The molecule has 0 saturated carbocycles. The summed E-state index contributed by atoms with van der Waals surface area (Å²) in [5.74, 6) is -0.183. The zero-order valence-corrected chi connectivity index (χ0v) is 16.1. The minimum atomic E-state index is -0.183. The van der Waals surface area contributed by atoms with Crippen LogP contribution in [0.25, 0.3) is 0 Å². The highest BCUT2D eigenvalue weighted by molar-refractivity contribution is 6.38. The Kier molecular flexibility index (Phi) is 8.01. The summed E-state index contributed by atoms with van der Waals surface area (Å²) < 4.78 is 12.9. The van der Waals surface area contributed by atoms with Gasteiger partial charge < -0.3 is 10.6 Å². The van der Waals surface area contributed by atoms with Crippen LogP contribution in [0.5, 0.6) is 0 Å². The molecule has 5 heteroatoms. The van der Waals surface area contributed by atoms with Gasteiger partial charge in [-0.05, 0) is 74.2 Å². The van der Waals surface area contributed by atoms with E-state index in [-0.39, 0.29) is 5.82 Å². The Hall–Kier alpha value is -1.29. The Morgan fingerprint density at radius 1 is 0.920 bits per heavy atom. The molecular formula is C20H25Cl2FN2. The Labute approximate surface area is 159 Å². The van der Waals surface area contributed by atoms with Gasteiger partial charge in [0.15, 0.2) is 0 Å². The van der Waals surface area contributed by atoms with E-state index < -0.39 is 0 Å². The normalized spacial score (nSPS) is 11.2. The van der Waals surface area contributed by atoms with Crippen LogP contribution in [0.3, 0.4) is 0 Å². The summed E-state index contributed by atoms with van der Waals surface area (Å²) in [6.07, 6.45) is 4.00. The number of benzene rings is 2. The van der Waals surface area contributed by atoms with Crippen molar-refractivity contribution in [2.45, 2.75) is 32.6 Å². The Morgan fingerprint density at radius 2 is 1.56 bits per heavy atom. The lowest BCUT2D eigenvalue weighted by molar-refractivity contribution is 0.274. The molecule has 0 amide bonds. The quantitative estimate of drug-likeness (QED) is 0.571. The topological polar surface area (TPSA) is 29.3 Å². The molecule has 136 valence electrons. The first-order chi connectivity index (χ1) is 12.0. The van der Waals surface area contributed by atoms with Gasteiger partial charge in [0.1, 0.15) is 5.82 Å². The predicted octanol–water partition coefficient (Wildman–Crippen LogP) is 5.60. The molecule has 0 atom stereocenters. The number of anilines is 1. The van der Waals surface area contributed by atoms with Gasteiger partial charge in [0.2, 0.25) is 0 Å². The van der Waals surface area contributed by atoms with Crippen molar-refractivity contribution in [2.24, 2.45) is 0 Å². The van der Waals surface area contributed by atoms with Crippen LogP contribution in [-0.2, 0) is 12.8 Å². The van der Waals surface area contributed by atoms with Gasteiger partial charge in [-0.15, -0.1) is 0 Å². The molecule has 0 saturated heterocycles. The Bertz CT molecular complexity index is 651. The van der Waals surface area contributed by atoms with Crippen LogP contribution in [0.1, 0.15) is 30.9 Å². The van der Waals surface area contributed by atoms with Crippen molar-refractivity contribution in [3.05, 3.63) is 63.4 Å². The number of hydrogen-bond donors (Lipinski definition) is 1. The first-order valence-electron chi connectivity index (χ1n) is 8.69. The molecule has 2 aromatic carbocycles. The summed E-state index contributed by atoms with van der Waals surface area (Å²) in [7, 11) is 0. The molecule has 0 heterocycles. The first kappa shape index (κ1) is 20.0. The highest BCUT2D eigenvalue weighted by Gasteiger charge is 2.08. The van der Waals surface area contributed by atoms with Crippen molar-refractivity contribution in [1.29, 1.82) is 0 Å². The number of aryl methyl sites for hydroxylation is 1. The van der Waals surface area contributed by atoms with Crippen molar-refractivity contribution >= 4 is 28.9 Å². The van der Waals surface area contributed by atoms with Gasteiger partial charge in [0, 0.05) is 6.54 Å². The van der Waals surface area contributed by atoms with E-state index in [0.717, 1.165) is 50.9 Å². The van der Waals surface area contributed by atoms with E-state index in [4.69, 9.17) is 28.9 Å². The first-order valence-corrected chi connectivity index (χ1v) is 9.45. The summed E-state index contributed by atoms with van der Waals surface area (Å²) in [6, 6.07) is 10.5. The van der Waals surface area contributed by atoms with Gasteiger partial charge in [-0.2, -0.15) is 0 Å². The molecule has 2 N–H and O–H groups in total. The molecule has 0 aromatic heterocycles. The average Bonchev–Trinajstić information content (AvgIpc) is 2.59. The number of nitrogens with zero attached hydrogens (tertiary/aromatic N) is 1. The Morgan fingerprint density at radius 3 is 2.16 bits per heavy atom. The fourth-order valence-electron chi connectivity index (χ4n) is 2.88. The second-order valence-electron chi connectivity index (χ2n) is 6.29. The molecule has 0 fully saturated rings. The largest absolute Gasteiger partial charge is 0.396 e. The minimum Gasteiger partial charge on any atom is -0.396 e. The van der Waals surface area contributed by atoms with Crippen molar-refractivity contribution in [1.82, 2.24) is 4.90 Å². The molecule has 0 aliphatic rings. The third kappa shape index (κ3) is 6.50. The van der Waals surface area contributed by atoms with E-state index in [0.29, 0.717) is 15.7 Å². The number of nitrogen functional groups attached to an aromatic ring is 1. The lowest BCUT2D eigenvalue weighted by atomic mass is 10.1. The molecular weight excluding hydrogens is 358 g/mol. The van der Waals surface area contributed by atoms with Crippen molar-refractivity contribution in [2.75, 3.05) is 25.4 Å². The van der Waals surface area contributed by atoms with E-state index in [1.807, 2.05) is 24.3 Å². The lowest BCUT2D eigenvalue weighted by Gasteiger charge is -2.22. The van der Waals surface area contributed by atoms with Gasteiger partial charge in [0.25, 0.3) is 0 Å². The summed E-state index contributed by atoms with van der Waals surface area (Å²) in [4.78, 5) is 2.45. The minimum absolute atomic E-state index is 0.183. The van der Waals surface area contributed by atoms with E-state index in [1.165, 1.54) is 17.7 Å². The molecule has 0 radical (unpaired) electrons. The molecule has 0 unspecified atom stereocenters. The second kappa shape index (κ2) is 10.0. The SMILES string of the molecule is CCCN(CCCc1ccc(F)cc1)CCc1cc(Cl)c(N)c(Cl)c1. The van der Waals surface area contributed by atoms with E-state index >= 15 is 0 Å². The second-order valence-corrected chi connectivity index (χ2v) is 7.11. The van der Waals surface area contributed by atoms with E-state index in [9.17, 15) is 4.39 Å². The van der Waals surface area contributed by atoms with Crippen LogP contribution >= 0.6 is 23.2 Å². The lowest BCUT2D eigenvalue weighted by Crippen LogP contribution is -2.28. The maximum atomic E-state index is 12.9. The third-order valence-corrected chi connectivity index (χ3v) is 4.87. The fraction of sp³-hybridized carbons (Fsp3) is 0.400. The third-order valence-electron chi connectivity index (χ3n) is 4.25. The average molecular weight is 383 g/mol. The van der Waals surface area contributed by atoms with Gasteiger partial charge in [-0.1, -0.05) is 42.3 Å². The highest BCUT2D eigenvalue weighted by Crippen LogP contribution is 2.29. The molecule has 0 bridgehead atoms. The van der Waals surface area contributed by atoms with Crippen LogP contribution in [0.2, 0.25) is 10.0 Å². The molecule has 2 nitrogen and oxygen atoms in total. The van der Waals surface area contributed by atoms with E-state index in [1.54, 1.807) is 0 Å². The molecule has 2 rings (SSSR count). The molecule has 25 heavy (non-hydrogen) atoms. The van der Waals surface area contributed by atoms with Crippen LogP contribution in [0.4, 0.5) is 10.1 Å². The van der Waals surface area contributed by atoms with Gasteiger partial charge in [-0.25, -0.2) is 4.39 Å². The van der Waals surface area contributed by atoms with Crippen LogP contribution in [0, 0.1) is 5.82 Å². The van der Waals surface area contributed by atoms with Crippen LogP contribution in [-0.4, -0.2) is 24.5 Å². The van der Waals surface area contributed by atoms with Crippen LogP contribution < -0.4 is 5.73 Å². The smallest absolute Gasteiger partial charge is 0.123 e. The number of rotatable bonds is 9. The highest BCUT2D eigenvalue weighted by atomic mass is 35.5. The van der Waals surface area contributed by atoms with Crippen LogP contribution in [0.15, 0.2) is 36.4 Å². The maximum absolute atomic E-state index is 12.9. The van der Waals surface area contributed by atoms with Gasteiger partial charge in [-0.3, -0.25) is 0 Å². The predicted molar refractivity (Wildman–Crippen MR) is 106 cm³/mol. The van der Waals surface area contributed by atoms with Crippen molar-refractivity contribution in [3.8, 4) is 0 Å². The summed E-state index contributed by atoms with van der Waals surface area (Å²) in [5, 5.41) is 1.03. The Balaban J connectivity index is 1.84. The fourth-order valence-corrected chi connectivity index (χ4v) is 3.41. The van der Waals surface area contributed by atoms with Crippen molar-refractivity contribution < 1.29 is 4.39 Å². The number of halogens is 3. The summed E-state index contributed by atoms with van der Waals surface area (Å²) in [6.45, 7) is 5.21. The van der Waals surface area contributed by atoms with Crippen molar-refractivity contribution in [3.63, 3.8) is 0 Å². The molecule has 0 aliphatic heterocycles. The zero-order valence-electron chi connectivity index (χ0n) is 14.6. The molecule has 2 aromatic rings. The number of hydrogen-bond acceptors (Lipinski definition) is 2. The summed E-state index contributed by atoms with van der Waals surface area (Å²) >= 11 is 12.2. The summed E-state index contributed by atoms with van der Waals surface area (Å²) in [5.41, 5.74) is 8.51. The standard InChI is InChI=1S/C20H25Cl2FN2/c1-2-10-25(11-3-4-15-5-7-17(23)8-6-15)12-9-16-13-18(21)20(24)19(22)14-16/h5-8,13-14H,2-4,9-12,24H2,1H3. The number of nitrogens with two attached hydrogens (primary N) is 1. The van der Waals surface area contributed by atoms with Gasteiger partial charge in [0.05, 0.1) is 15.7 Å². The van der Waals surface area contributed by atoms with Gasteiger partial charge >= 0.3 is 0 Å². The molecule has 0 spiro atoms. The zero-order chi connectivity index (χ0) is 18.2. The monoisotopic (exact) mass is 382 g/mol. The molecule has 0 aliphatic carbocycles.